The highest BCUT2D eigenvalue weighted by Crippen LogP contribution is 2.32. The number of hydrogen-bond donors (Lipinski definition) is 1. The minimum Gasteiger partial charge on any atom is -0.349 e. The van der Waals surface area contributed by atoms with Crippen LogP contribution >= 0.6 is 0 Å². The number of rotatable bonds is 3. The van der Waals surface area contributed by atoms with E-state index in [-0.39, 0.29) is 11.9 Å². The van der Waals surface area contributed by atoms with Gasteiger partial charge in [-0.05, 0) is 67.2 Å². The monoisotopic (exact) mass is 319 g/mol. The largest absolute Gasteiger partial charge is 0.349 e. The number of carbonyl (C=O) groups is 1. The minimum atomic E-state index is 0.212. The fourth-order valence-electron chi connectivity index (χ4n) is 4.36. The number of benzene rings is 2. The molecule has 2 heteroatoms. The van der Waals surface area contributed by atoms with E-state index in [1.807, 2.05) is 0 Å². The molecule has 0 spiro atoms. The third-order valence-corrected chi connectivity index (χ3v) is 5.63. The van der Waals surface area contributed by atoms with Crippen LogP contribution in [-0.2, 0) is 24.1 Å². The summed E-state index contributed by atoms with van der Waals surface area (Å²) in [6, 6.07) is 15.5. The summed E-state index contributed by atoms with van der Waals surface area (Å²) in [5, 5.41) is 3.29. The molecular weight excluding hydrogens is 294 g/mol. The van der Waals surface area contributed by atoms with Crippen LogP contribution in [0, 0.1) is 12.8 Å². The molecule has 2 nitrogen and oxygen atoms in total. The van der Waals surface area contributed by atoms with E-state index in [9.17, 15) is 4.79 Å². The molecule has 4 rings (SSSR count). The first-order valence-corrected chi connectivity index (χ1v) is 9.14. The van der Waals surface area contributed by atoms with E-state index in [1.165, 1.54) is 27.8 Å². The van der Waals surface area contributed by atoms with Crippen LogP contribution < -0.4 is 5.32 Å². The second kappa shape index (κ2) is 6.43. The number of nitrogens with one attached hydrogen (secondary N) is 1. The highest BCUT2D eigenvalue weighted by molar-refractivity contribution is 5.77. The van der Waals surface area contributed by atoms with Crippen molar-refractivity contribution in [3.05, 3.63) is 70.3 Å². The molecule has 2 atom stereocenters. The quantitative estimate of drug-likeness (QED) is 0.898. The third kappa shape index (κ3) is 3.10. The van der Waals surface area contributed by atoms with Crippen molar-refractivity contribution in [2.75, 3.05) is 0 Å². The lowest BCUT2D eigenvalue weighted by molar-refractivity contribution is -0.122. The first-order valence-electron chi connectivity index (χ1n) is 9.14. The molecule has 124 valence electrons. The summed E-state index contributed by atoms with van der Waals surface area (Å²) < 4.78 is 0. The van der Waals surface area contributed by atoms with E-state index < -0.39 is 0 Å². The van der Waals surface area contributed by atoms with E-state index in [0.717, 1.165) is 32.1 Å². The van der Waals surface area contributed by atoms with E-state index in [1.54, 1.807) is 0 Å². The molecule has 2 aromatic rings. The highest BCUT2D eigenvalue weighted by atomic mass is 16.1. The molecule has 0 aromatic heterocycles. The predicted octanol–water partition coefficient (Wildman–Crippen LogP) is 4.29. The van der Waals surface area contributed by atoms with Crippen molar-refractivity contribution in [3.63, 3.8) is 0 Å². The molecule has 2 unspecified atom stereocenters. The molecule has 2 aromatic carbocycles. The number of fused-ring (bicyclic) bond motifs is 2. The summed E-state index contributed by atoms with van der Waals surface area (Å²) >= 11 is 0. The van der Waals surface area contributed by atoms with Gasteiger partial charge in [-0.25, -0.2) is 0 Å². The zero-order valence-corrected chi connectivity index (χ0v) is 14.3. The number of hydrogen-bond acceptors (Lipinski definition) is 1. The van der Waals surface area contributed by atoms with Crippen LogP contribution in [0.2, 0.25) is 0 Å². The second-order valence-corrected chi connectivity index (χ2v) is 7.44. The molecule has 24 heavy (non-hydrogen) atoms. The zero-order chi connectivity index (χ0) is 16.5. The maximum atomic E-state index is 12.5. The third-order valence-electron chi connectivity index (χ3n) is 5.63. The first-order chi connectivity index (χ1) is 11.7. The van der Waals surface area contributed by atoms with E-state index in [0.29, 0.717) is 12.3 Å². The SMILES string of the molecule is Cc1ccc2c(c1)CCC2NC(=O)CC1CCc2ccccc2C1. The topological polar surface area (TPSA) is 29.1 Å². The summed E-state index contributed by atoms with van der Waals surface area (Å²) in [7, 11) is 0. The van der Waals surface area contributed by atoms with Crippen LogP contribution in [0.5, 0.6) is 0 Å². The molecule has 0 aliphatic heterocycles. The fraction of sp³-hybridized carbons (Fsp3) is 0.409. The van der Waals surface area contributed by atoms with Crippen molar-refractivity contribution in [2.45, 2.75) is 51.5 Å². The lowest BCUT2D eigenvalue weighted by Gasteiger charge is -2.25. The Bertz CT molecular complexity index is 764. The van der Waals surface area contributed by atoms with Gasteiger partial charge in [-0.3, -0.25) is 4.79 Å². The molecule has 1 amide bonds. The average molecular weight is 319 g/mol. The molecule has 0 saturated carbocycles. The minimum absolute atomic E-state index is 0.212. The highest BCUT2D eigenvalue weighted by Gasteiger charge is 2.26. The fourth-order valence-corrected chi connectivity index (χ4v) is 4.36. The van der Waals surface area contributed by atoms with Crippen LogP contribution in [0.3, 0.4) is 0 Å². The molecule has 0 heterocycles. The maximum Gasteiger partial charge on any atom is 0.220 e. The molecule has 0 fully saturated rings. The van der Waals surface area contributed by atoms with Crippen LogP contribution in [-0.4, -0.2) is 5.91 Å². The Morgan fingerprint density at radius 2 is 1.83 bits per heavy atom. The Balaban J connectivity index is 1.37. The summed E-state index contributed by atoms with van der Waals surface area (Å²) in [4.78, 5) is 12.5. The smallest absolute Gasteiger partial charge is 0.220 e. The van der Waals surface area contributed by atoms with Crippen LogP contribution in [0.15, 0.2) is 42.5 Å². The van der Waals surface area contributed by atoms with Crippen LogP contribution in [0.1, 0.15) is 53.1 Å². The normalized spacial score (nSPS) is 21.9. The van der Waals surface area contributed by atoms with Crippen molar-refractivity contribution in [1.29, 1.82) is 0 Å². The molecule has 0 saturated heterocycles. The Morgan fingerprint density at radius 3 is 2.71 bits per heavy atom. The predicted molar refractivity (Wildman–Crippen MR) is 97.0 cm³/mol. The van der Waals surface area contributed by atoms with Gasteiger partial charge in [0, 0.05) is 6.42 Å². The summed E-state index contributed by atoms with van der Waals surface area (Å²) in [5.74, 6) is 0.705. The van der Waals surface area contributed by atoms with Gasteiger partial charge in [0.2, 0.25) is 5.91 Å². The van der Waals surface area contributed by atoms with Gasteiger partial charge in [-0.15, -0.1) is 0 Å². The van der Waals surface area contributed by atoms with E-state index in [4.69, 9.17) is 0 Å². The Hall–Kier alpha value is -2.09. The summed E-state index contributed by atoms with van der Waals surface area (Å²) in [5.41, 5.74) is 6.94. The van der Waals surface area contributed by atoms with Crippen molar-refractivity contribution in [1.82, 2.24) is 5.32 Å². The summed E-state index contributed by atoms with van der Waals surface area (Å²) in [6.07, 6.45) is 6.07. The molecule has 2 aliphatic rings. The molecule has 1 N–H and O–H groups in total. The molecule has 0 bridgehead atoms. The Kier molecular flexibility index (Phi) is 4.13. The van der Waals surface area contributed by atoms with E-state index in [2.05, 4.69) is 54.7 Å². The average Bonchev–Trinajstić information content (AvgIpc) is 2.96. The lowest BCUT2D eigenvalue weighted by atomic mass is 9.82. The molecule has 2 aliphatic carbocycles. The number of carbonyl (C=O) groups excluding carboxylic acids is 1. The van der Waals surface area contributed by atoms with E-state index >= 15 is 0 Å². The number of aryl methyl sites for hydroxylation is 3. The second-order valence-electron chi connectivity index (χ2n) is 7.44. The lowest BCUT2D eigenvalue weighted by Crippen LogP contribution is -2.30. The van der Waals surface area contributed by atoms with Crippen molar-refractivity contribution < 1.29 is 4.79 Å². The number of amides is 1. The van der Waals surface area contributed by atoms with Crippen molar-refractivity contribution in [3.8, 4) is 0 Å². The van der Waals surface area contributed by atoms with Gasteiger partial charge in [0.05, 0.1) is 6.04 Å². The van der Waals surface area contributed by atoms with Crippen LogP contribution in [0.4, 0.5) is 0 Å². The molecular formula is C22H25NO. The summed E-state index contributed by atoms with van der Waals surface area (Å²) in [6.45, 7) is 2.13. The van der Waals surface area contributed by atoms with Gasteiger partial charge >= 0.3 is 0 Å². The maximum absolute atomic E-state index is 12.5. The van der Waals surface area contributed by atoms with Crippen molar-refractivity contribution in [2.24, 2.45) is 5.92 Å². The van der Waals surface area contributed by atoms with Gasteiger partial charge in [0.15, 0.2) is 0 Å². The van der Waals surface area contributed by atoms with Gasteiger partial charge in [-0.1, -0.05) is 48.0 Å². The van der Waals surface area contributed by atoms with Gasteiger partial charge in [0.25, 0.3) is 0 Å². The van der Waals surface area contributed by atoms with Gasteiger partial charge < -0.3 is 5.32 Å². The van der Waals surface area contributed by atoms with Gasteiger partial charge in [-0.2, -0.15) is 0 Å². The van der Waals surface area contributed by atoms with Crippen LogP contribution in [0.25, 0.3) is 0 Å². The van der Waals surface area contributed by atoms with Crippen molar-refractivity contribution >= 4 is 5.91 Å². The first kappa shape index (κ1) is 15.4. The standard InChI is InChI=1S/C22H25NO/c1-15-6-10-20-19(12-15)9-11-21(20)23-22(24)14-16-7-8-17-4-2-3-5-18(17)13-16/h2-6,10,12,16,21H,7-9,11,13-14H2,1H3,(H,23,24). The Labute approximate surface area is 144 Å². The van der Waals surface area contributed by atoms with Gasteiger partial charge in [0.1, 0.15) is 0 Å². The molecule has 0 radical (unpaired) electrons. The zero-order valence-electron chi connectivity index (χ0n) is 14.3. The Morgan fingerprint density at radius 1 is 1.04 bits per heavy atom.